The molecule has 0 bridgehead atoms. The molecule has 0 saturated carbocycles. The lowest BCUT2D eigenvalue weighted by Gasteiger charge is -2.13. The zero-order valence-electron chi connectivity index (χ0n) is 14.5. The lowest BCUT2D eigenvalue weighted by Crippen LogP contribution is -2.29. The van der Waals surface area contributed by atoms with Gasteiger partial charge in [0.2, 0.25) is 11.0 Å². The van der Waals surface area contributed by atoms with Crippen molar-refractivity contribution in [1.82, 2.24) is 20.1 Å². The van der Waals surface area contributed by atoms with Gasteiger partial charge in [0, 0.05) is 24.6 Å². The van der Waals surface area contributed by atoms with Gasteiger partial charge in [0.25, 0.3) is 0 Å². The average molecular weight is 390 g/mol. The third-order valence-electron chi connectivity index (χ3n) is 3.40. The van der Waals surface area contributed by atoms with Crippen LogP contribution in [0.2, 0.25) is 0 Å². The first-order chi connectivity index (χ1) is 12.6. The number of nitrogens with one attached hydrogen (secondary N) is 1. The summed E-state index contributed by atoms with van der Waals surface area (Å²) in [5, 5.41) is 14.9. The Hall–Kier alpha value is -2.20. The van der Waals surface area contributed by atoms with E-state index in [0.717, 1.165) is 21.3 Å². The zero-order chi connectivity index (χ0) is 18.4. The number of amides is 1. The van der Waals surface area contributed by atoms with Crippen molar-refractivity contribution in [3.05, 3.63) is 46.4 Å². The number of methoxy groups -OCH3 is 1. The summed E-state index contributed by atoms with van der Waals surface area (Å²) in [6.07, 6.45) is 0. The molecule has 26 heavy (non-hydrogen) atoms. The summed E-state index contributed by atoms with van der Waals surface area (Å²) in [5.74, 6) is -0.133. The van der Waals surface area contributed by atoms with Crippen LogP contribution in [0.4, 0.5) is 5.13 Å². The normalized spacial score (nSPS) is 11.0. The molecule has 0 aliphatic heterocycles. The highest BCUT2D eigenvalue weighted by Gasteiger charge is 2.12. The summed E-state index contributed by atoms with van der Waals surface area (Å²) in [4.78, 5) is 18.7. The van der Waals surface area contributed by atoms with E-state index >= 15 is 0 Å². The Balaban J connectivity index is 1.51. The maximum Gasteiger partial charge on any atom is 0.240 e. The van der Waals surface area contributed by atoms with Crippen molar-refractivity contribution in [2.45, 2.75) is 13.2 Å². The predicted octanol–water partition coefficient (Wildman–Crippen LogP) is 2.88. The monoisotopic (exact) mass is 389 g/mol. The second-order valence-corrected chi connectivity index (χ2v) is 7.58. The van der Waals surface area contributed by atoms with Crippen LogP contribution in [-0.2, 0) is 22.7 Å². The second-order valence-electron chi connectivity index (χ2n) is 5.66. The van der Waals surface area contributed by atoms with Crippen LogP contribution >= 0.6 is 22.7 Å². The van der Waals surface area contributed by atoms with E-state index in [1.165, 1.54) is 11.3 Å². The molecule has 0 spiro atoms. The molecule has 7 nitrogen and oxygen atoms in total. The van der Waals surface area contributed by atoms with Gasteiger partial charge in [-0.05, 0) is 7.05 Å². The van der Waals surface area contributed by atoms with E-state index in [1.54, 1.807) is 18.4 Å². The Morgan fingerprint density at radius 3 is 2.85 bits per heavy atom. The number of hydrogen-bond acceptors (Lipinski definition) is 8. The average Bonchev–Trinajstić information content (AvgIpc) is 3.25. The highest BCUT2D eigenvalue weighted by atomic mass is 32.1. The fourth-order valence-electron chi connectivity index (χ4n) is 2.32. The first-order valence-corrected chi connectivity index (χ1v) is 9.63. The Morgan fingerprint density at radius 2 is 2.08 bits per heavy atom. The number of anilines is 1. The van der Waals surface area contributed by atoms with Crippen LogP contribution in [0.15, 0.2) is 35.7 Å². The van der Waals surface area contributed by atoms with Crippen LogP contribution in [0.5, 0.6) is 0 Å². The number of rotatable bonds is 8. The van der Waals surface area contributed by atoms with Crippen LogP contribution in [0.3, 0.4) is 0 Å². The van der Waals surface area contributed by atoms with Gasteiger partial charge in [-0.25, -0.2) is 4.98 Å². The second kappa shape index (κ2) is 8.95. The number of carbonyl (C=O) groups excluding carboxylic acids is 1. The minimum absolute atomic E-state index is 0.133. The van der Waals surface area contributed by atoms with E-state index in [0.29, 0.717) is 18.3 Å². The van der Waals surface area contributed by atoms with Crippen LogP contribution in [-0.4, -0.2) is 46.7 Å². The van der Waals surface area contributed by atoms with Crippen LogP contribution in [0.25, 0.3) is 10.6 Å². The van der Waals surface area contributed by atoms with Gasteiger partial charge in [-0.1, -0.05) is 41.7 Å². The van der Waals surface area contributed by atoms with Gasteiger partial charge in [0.15, 0.2) is 0 Å². The molecular weight excluding hydrogens is 370 g/mol. The maximum absolute atomic E-state index is 12.1. The SMILES string of the molecule is COCc1nnc(NC(=O)CN(C)Cc2csc(-c3ccccc3)n2)s1. The van der Waals surface area contributed by atoms with Gasteiger partial charge in [-0.2, -0.15) is 0 Å². The van der Waals surface area contributed by atoms with E-state index in [1.807, 2.05) is 47.7 Å². The molecule has 0 unspecified atom stereocenters. The van der Waals surface area contributed by atoms with Crippen molar-refractivity contribution in [1.29, 1.82) is 0 Å². The smallest absolute Gasteiger partial charge is 0.240 e. The number of thiazole rings is 1. The Labute approximate surface area is 159 Å². The van der Waals surface area contributed by atoms with Gasteiger partial charge in [-0.3, -0.25) is 15.0 Å². The van der Waals surface area contributed by atoms with Gasteiger partial charge >= 0.3 is 0 Å². The van der Waals surface area contributed by atoms with E-state index in [-0.39, 0.29) is 12.5 Å². The molecule has 0 aliphatic rings. The highest BCUT2D eigenvalue weighted by Crippen LogP contribution is 2.23. The third kappa shape index (κ3) is 5.15. The molecule has 1 N–H and O–H groups in total. The molecule has 2 aromatic heterocycles. The molecule has 1 amide bonds. The van der Waals surface area contributed by atoms with E-state index < -0.39 is 0 Å². The molecule has 9 heteroatoms. The largest absolute Gasteiger partial charge is 0.377 e. The summed E-state index contributed by atoms with van der Waals surface area (Å²) in [7, 11) is 3.48. The molecule has 0 fully saturated rings. The first-order valence-electron chi connectivity index (χ1n) is 7.93. The molecule has 0 aliphatic carbocycles. The molecule has 0 atom stereocenters. The zero-order valence-corrected chi connectivity index (χ0v) is 16.1. The van der Waals surface area contributed by atoms with Gasteiger partial charge in [0.1, 0.15) is 16.6 Å². The number of benzene rings is 1. The summed E-state index contributed by atoms with van der Waals surface area (Å²) < 4.78 is 4.99. The quantitative estimate of drug-likeness (QED) is 0.638. The van der Waals surface area contributed by atoms with E-state index in [2.05, 4.69) is 20.5 Å². The Bertz CT molecular complexity index is 850. The third-order valence-corrected chi connectivity index (χ3v) is 5.15. The fraction of sp³-hybridized carbons (Fsp3) is 0.294. The van der Waals surface area contributed by atoms with Crippen molar-refractivity contribution in [2.24, 2.45) is 0 Å². The molecule has 0 saturated heterocycles. The number of ether oxygens (including phenoxy) is 1. The molecule has 3 aromatic rings. The molecule has 3 rings (SSSR count). The summed E-state index contributed by atoms with van der Waals surface area (Å²) in [6.45, 7) is 1.24. The summed E-state index contributed by atoms with van der Waals surface area (Å²) >= 11 is 2.92. The standard InChI is InChI=1S/C17H19N5O2S2/c1-22(9-14(23)19-17-21-20-15(26-17)10-24-2)8-13-11-25-16(18-13)12-6-4-3-5-7-12/h3-7,11H,8-10H2,1-2H3,(H,19,21,23). The molecule has 0 radical (unpaired) electrons. The molecule has 2 heterocycles. The highest BCUT2D eigenvalue weighted by molar-refractivity contribution is 7.15. The molecular formula is C17H19N5O2S2. The maximum atomic E-state index is 12.1. The number of aromatic nitrogens is 3. The molecule has 1 aromatic carbocycles. The van der Waals surface area contributed by atoms with Crippen molar-refractivity contribution < 1.29 is 9.53 Å². The Morgan fingerprint density at radius 1 is 1.27 bits per heavy atom. The lowest BCUT2D eigenvalue weighted by molar-refractivity contribution is -0.117. The topological polar surface area (TPSA) is 80.2 Å². The number of hydrogen-bond donors (Lipinski definition) is 1. The predicted molar refractivity (Wildman–Crippen MR) is 103 cm³/mol. The van der Waals surface area contributed by atoms with Crippen LogP contribution < -0.4 is 5.32 Å². The van der Waals surface area contributed by atoms with Crippen LogP contribution in [0.1, 0.15) is 10.7 Å². The Kier molecular flexibility index (Phi) is 6.40. The number of likely N-dealkylation sites (N-methyl/N-ethyl adjacent to an activating group) is 1. The number of carbonyl (C=O) groups is 1. The molecule has 136 valence electrons. The summed E-state index contributed by atoms with van der Waals surface area (Å²) in [5.41, 5.74) is 2.05. The minimum atomic E-state index is -0.133. The van der Waals surface area contributed by atoms with Gasteiger partial charge < -0.3 is 4.74 Å². The minimum Gasteiger partial charge on any atom is -0.377 e. The van der Waals surface area contributed by atoms with Crippen molar-refractivity contribution >= 4 is 33.7 Å². The summed E-state index contributed by atoms with van der Waals surface area (Å²) in [6, 6.07) is 10.1. The van der Waals surface area contributed by atoms with Crippen molar-refractivity contribution in [2.75, 3.05) is 26.0 Å². The lowest BCUT2D eigenvalue weighted by atomic mass is 10.2. The van der Waals surface area contributed by atoms with E-state index in [4.69, 9.17) is 4.74 Å². The fourth-order valence-corrected chi connectivity index (χ4v) is 3.86. The number of nitrogens with zero attached hydrogens (tertiary/aromatic N) is 4. The van der Waals surface area contributed by atoms with Crippen LogP contribution in [0, 0.1) is 0 Å². The van der Waals surface area contributed by atoms with Crippen molar-refractivity contribution in [3.8, 4) is 10.6 Å². The first kappa shape index (κ1) is 18.6. The van der Waals surface area contributed by atoms with Crippen molar-refractivity contribution in [3.63, 3.8) is 0 Å². The van der Waals surface area contributed by atoms with E-state index in [9.17, 15) is 4.79 Å². The van der Waals surface area contributed by atoms with Gasteiger partial charge in [0.05, 0.1) is 12.2 Å². The van der Waals surface area contributed by atoms with Gasteiger partial charge in [-0.15, -0.1) is 21.5 Å².